The molecule has 0 bridgehead atoms. The number of aliphatic hydroxyl groups excluding tert-OH is 1. The van der Waals surface area contributed by atoms with Gasteiger partial charge in [0.1, 0.15) is 5.82 Å². The Kier molecular flexibility index (Phi) is 3.79. The van der Waals surface area contributed by atoms with Gasteiger partial charge in [-0.3, -0.25) is 0 Å². The first-order valence-electron chi connectivity index (χ1n) is 5.82. The summed E-state index contributed by atoms with van der Waals surface area (Å²) in [6.07, 6.45) is 1.12. The fourth-order valence-corrected chi connectivity index (χ4v) is 1.78. The molecular weight excluding hydrogens is 226 g/mol. The maximum atomic E-state index is 10.1. The first-order valence-corrected chi connectivity index (χ1v) is 5.82. The number of hydrogen-bond acceptors (Lipinski definition) is 4. The zero-order chi connectivity index (χ0) is 13.0. The standard InChI is InChI=1S/C14H17N3O/c1-17(14-9-12(15)7-8-16-14)10-13(18)11-5-3-2-4-6-11/h2-9,13,18H,10H2,1H3,(H2,15,16). The van der Waals surface area contributed by atoms with Crippen LogP contribution >= 0.6 is 0 Å². The molecule has 3 N–H and O–H groups in total. The van der Waals surface area contributed by atoms with Crippen molar-refractivity contribution in [3.63, 3.8) is 0 Å². The molecule has 18 heavy (non-hydrogen) atoms. The smallest absolute Gasteiger partial charge is 0.130 e. The van der Waals surface area contributed by atoms with Crippen molar-refractivity contribution in [3.8, 4) is 0 Å². The third-order valence-corrected chi connectivity index (χ3v) is 2.79. The van der Waals surface area contributed by atoms with Crippen molar-refractivity contribution >= 4 is 11.5 Å². The summed E-state index contributed by atoms with van der Waals surface area (Å²) in [6.45, 7) is 0.473. The molecule has 1 aromatic carbocycles. The molecule has 1 heterocycles. The summed E-state index contributed by atoms with van der Waals surface area (Å²) >= 11 is 0. The normalized spacial score (nSPS) is 12.1. The van der Waals surface area contributed by atoms with Crippen molar-refractivity contribution in [2.75, 3.05) is 24.2 Å². The Hall–Kier alpha value is -2.07. The molecule has 0 saturated heterocycles. The quantitative estimate of drug-likeness (QED) is 0.860. The third-order valence-electron chi connectivity index (χ3n) is 2.79. The van der Waals surface area contributed by atoms with E-state index in [9.17, 15) is 5.11 Å². The van der Waals surface area contributed by atoms with Crippen LogP contribution in [0.15, 0.2) is 48.7 Å². The van der Waals surface area contributed by atoms with Gasteiger partial charge < -0.3 is 15.7 Å². The summed E-state index contributed by atoms with van der Waals surface area (Å²) < 4.78 is 0. The molecule has 2 rings (SSSR count). The minimum absolute atomic E-state index is 0.473. The second kappa shape index (κ2) is 5.51. The highest BCUT2D eigenvalue weighted by molar-refractivity contribution is 5.49. The first kappa shape index (κ1) is 12.4. The lowest BCUT2D eigenvalue weighted by Gasteiger charge is -2.22. The number of aliphatic hydroxyl groups is 1. The van der Waals surface area contributed by atoms with E-state index in [0.29, 0.717) is 12.2 Å². The number of nitrogens with zero attached hydrogens (tertiary/aromatic N) is 2. The molecule has 0 aliphatic heterocycles. The van der Waals surface area contributed by atoms with Crippen molar-refractivity contribution < 1.29 is 5.11 Å². The van der Waals surface area contributed by atoms with E-state index in [0.717, 1.165) is 11.4 Å². The molecule has 0 saturated carbocycles. The summed E-state index contributed by atoms with van der Waals surface area (Å²) in [4.78, 5) is 6.10. The number of anilines is 2. The number of hydrogen-bond donors (Lipinski definition) is 2. The summed E-state index contributed by atoms with van der Waals surface area (Å²) in [7, 11) is 1.88. The Labute approximate surface area is 107 Å². The average Bonchev–Trinajstić information content (AvgIpc) is 2.39. The van der Waals surface area contributed by atoms with Crippen LogP contribution in [0.25, 0.3) is 0 Å². The largest absolute Gasteiger partial charge is 0.399 e. The van der Waals surface area contributed by atoms with Crippen LogP contribution in [0.3, 0.4) is 0 Å². The van der Waals surface area contributed by atoms with Gasteiger partial charge >= 0.3 is 0 Å². The Morgan fingerprint density at radius 3 is 2.67 bits per heavy atom. The molecular formula is C14H17N3O. The van der Waals surface area contributed by atoms with Crippen LogP contribution in [0.1, 0.15) is 11.7 Å². The lowest BCUT2D eigenvalue weighted by molar-refractivity contribution is 0.185. The second-order valence-corrected chi connectivity index (χ2v) is 4.25. The number of likely N-dealkylation sites (N-methyl/N-ethyl adjacent to an activating group) is 1. The van der Waals surface area contributed by atoms with Gasteiger partial charge in [-0.15, -0.1) is 0 Å². The first-order chi connectivity index (χ1) is 8.66. The molecule has 0 fully saturated rings. The maximum Gasteiger partial charge on any atom is 0.130 e. The number of nitrogen functional groups attached to an aromatic ring is 1. The number of pyridine rings is 1. The minimum atomic E-state index is -0.542. The second-order valence-electron chi connectivity index (χ2n) is 4.25. The van der Waals surface area contributed by atoms with Crippen LogP contribution in [0.4, 0.5) is 11.5 Å². The SMILES string of the molecule is CN(CC(O)c1ccccc1)c1cc(N)ccn1. The van der Waals surface area contributed by atoms with Gasteiger partial charge in [0.25, 0.3) is 0 Å². The maximum absolute atomic E-state index is 10.1. The molecule has 0 amide bonds. The van der Waals surface area contributed by atoms with Crippen molar-refractivity contribution in [1.29, 1.82) is 0 Å². The van der Waals surface area contributed by atoms with E-state index in [1.807, 2.05) is 42.3 Å². The predicted octanol–water partition coefficient (Wildman–Crippen LogP) is 1.83. The number of benzene rings is 1. The molecule has 2 aromatic rings. The zero-order valence-electron chi connectivity index (χ0n) is 10.3. The van der Waals surface area contributed by atoms with E-state index in [4.69, 9.17) is 5.73 Å². The number of nitrogens with two attached hydrogens (primary N) is 1. The van der Waals surface area contributed by atoms with Gasteiger partial charge in [-0.1, -0.05) is 30.3 Å². The van der Waals surface area contributed by atoms with Crippen LogP contribution in [0.5, 0.6) is 0 Å². The van der Waals surface area contributed by atoms with Crippen LogP contribution in [0.2, 0.25) is 0 Å². The molecule has 1 unspecified atom stereocenters. The van der Waals surface area contributed by atoms with E-state index in [2.05, 4.69) is 4.98 Å². The molecule has 0 aliphatic rings. The molecule has 1 aromatic heterocycles. The Bertz CT molecular complexity index is 501. The Morgan fingerprint density at radius 2 is 2.00 bits per heavy atom. The van der Waals surface area contributed by atoms with Crippen LogP contribution < -0.4 is 10.6 Å². The van der Waals surface area contributed by atoms with E-state index in [1.54, 1.807) is 18.3 Å². The van der Waals surface area contributed by atoms with Crippen molar-refractivity contribution in [1.82, 2.24) is 4.98 Å². The fourth-order valence-electron chi connectivity index (χ4n) is 1.78. The fraction of sp³-hybridized carbons (Fsp3) is 0.214. The topological polar surface area (TPSA) is 62.4 Å². The Balaban J connectivity index is 2.05. The zero-order valence-corrected chi connectivity index (χ0v) is 10.3. The third kappa shape index (κ3) is 2.99. The summed E-state index contributed by atoms with van der Waals surface area (Å²) in [6, 6.07) is 13.1. The highest BCUT2D eigenvalue weighted by Crippen LogP contribution is 2.18. The van der Waals surface area contributed by atoms with Gasteiger partial charge in [0.2, 0.25) is 0 Å². The molecule has 0 aliphatic carbocycles. The molecule has 0 spiro atoms. The van der Waals surface area contributed by atoms with Crippen LogP contribution in [-0.4, -0.2) is 23.7 Å². The summed E-state index contributed by atoms with van der Waals surface area (Å²) in [5.41, 5.74) is 7.27. The van der Waals surface area contributed by atoms with E-state index in [1.165, 1.54) is 0 Å². The van der Waals surface area contributed by atoms with Gasteiger partial charge in [-0.2, -0.15) is 0 Å². The molecule has 1 atom stereocenters. The van der Waals surface area contributed by atoms with Gasteiger partial charge in [0.15, 0.2) is 0 Å². The lowest BCUT2D eigenvalue weighted by Crippen LogP contribution is -2.25. The molecule has 4 heteroatoms. The van der Waals surface area contributed by atoms with E-state index < -0.39 is 6.10 Å². The van der Waals surface area contributed by atoms with Crippen LogP contribution in [0, 0.1) is 0 Å². The predicted molar refractivity (Wildman–Crippen MR) is 73.3 cm³/mol. The highest BCUT2D eigenvalue weighted by Gasteiger charge is 2.11. The monoisotopic (exact) mass is 243 g/mol. The number of aromatic nitrogens is 1. The Morgan fingerprint density at radius 1 is 1.28 bits per heavy atom. The van der Waals surface area contributed by atoms with Gasteiger partial charge in [0, 0.05) is 31.5 Å². The average molecular weight is 243 g/mol. The van der Waals surface area contributed by atoms with E-state index in [-0.39, 0.29) is 0 Å². The van der Waals surface area contributed by atoms with E-state index >= 15 is 0 Å². The van der Waals surface area contributed by atoms with Crippen molar-refractivity contribution in [3.05, 3.63) is 54.2 Å². The van der Waals surface area contributed by atoms with Crippen molar-refractivity contribution in [2.45, 2.75) is 6.10 Å². The summed E-state index contributed by atoms with van der Waals surface area (Å²) in [5, 5.41) is 10.1. The van der Waals surface area contributed by atoms with Gasteiger partial charge in [0.05, 0.1) is 6.10 Å². The number of rotatable bonds is 4. The van der Waals surface area contributed by atoms with Crippen LogP contribution in [-0.2, 0) is 0 Å². The minimum Gasteiger partial charge on any atom is -0.399 e. The van der Waals surface area contributed by atoms with Gasteiger partial charge in [-0.25, -0.2) is 4.98 Å². The lowest BCUT2D eigenvalue weighted by atomic mass is 10.1. The molecule has 0 radical (unpaired) electrons. The summed E-state index contributed by atoms with van der Waals surface area (Å²) in [5.74, 6) is 0.755. The highest BCUT2D eigenvalue weighted by atomic mass is 16.3. The molecule has 94 valence electrons. The molecule has 4 nitrogen and oxygen atoms in total. The van der Waals surface area contributed by atoms with Gasteiger partial charge in [-0.05, 0) is 11.6 Å². The van der Waals surface area contributed by atoms with Crippen molar-refractivity contribution in [2.24, 2.45) is 0 Å².